The van der Waals surface area contributed by atoms with E-state index >= 15 is 0 Å². The Hall–Kier alpha value is -3.38. The number of aliphatic hydroxyl groups is 1. The second kappa shape index (κ2) is 8.55. The molecule has 0 spiro atoms. The summed E-state index contributed by atoms with van der Waals surface area (Å²) in [5, 5.41) is 13.8. The lowest BCUT2D eigenvalue weighted by atomic mass is 9.96. The van der Waals surface area contributed by atoms with Gasteiger partial charge in [-0.1, -0.05) is 53.7 Å². The first-order chi connectivity index (χ1) is 14.5. The number of carbonyl (C=O) groups excluding carboxylic acids is 1. The highest BCUT2D eigenvalue weighted by Crippen LogP contribution is 2.27. The third-order valence-electron chi connectivity index (χ3n) is 5.58. The summed E-state index contributed by atoms with van der Waals surface area (Å²) in [6.45, 7) is 4.73. The molecule has 0 fully saturated rings. The van der Waals surface area contributed by atoms with Gasteiger partial charge in [0.05, 0.1) is 5.69 Å². The number of hydrogen-bond donors (Lipinski definition) is 2. The Kier molecular flexibility index (Phi) is 5.68. The molecule has 0 unspecified atom stereocenters. The number of nitrogens with zero attached hydrogens (tertiary/aromatic N) is 2. The van der Waals surface area contributed by atoms with Gasteiger partial charge in [0, 0.05) is 30.8 Å². The average molecular weight is 403 g/mol. The first kappa shape index (κ1) is 19.9. The molecule has 3 N–H and O–H groups in total. The molecule has 0 atom stereocenters. The van der Waals surface area contributed by atoms with E-state index in [1.54, 1.807) is 0 Å². The molecule has 30 heavy (non-hydrogen) atoms. The maximum absolute atomic E-state index is 11.0. The van der Waals surface area contributed by atoms with Gasteiger partial charge >= 0.3 is 0 Å². The van der Waals surface area contributed by atoms with E-state index in [9.17, 15) is 9.90 Å². The van der Waals surface area contributed by atoms with Crippen LogP contribution in [0.15, 0.2) is 58.8 Å². The van der Waals surface area contributed by atoms with E-state index in [0.717, 1.165) is 60.6 Å². The Morgan fingerprint density at radius 1 is 1.23 bits per heavy atom. The molecular weight excluding hydrogens is 378 g/mol. The van der Waals surface area contributed by atoms with Crippen molar-refractivity contribution in [1.82, 2.24) is 10.1 Å². The third kappa shape index (κ3) is 4.28. The van der Waals surface area contributed by atoms with Gasteiger partial charge in [-0.25, -0.2) is 0 Å². The summed E-state index contributed by atoms with van der Waals surface area (Å²) in [5.74, 6) is -0.389. The van der Waals surface area contributed by atoms with Crippen molar-refractivity contribution in [2.45, 2.75) is 26.3 Å². The van der Waals surface area contributed by atoms with Crippen molar-refractivity contribution in [2.75, 3.05) is 13.1 Å². The third-order valence-corrected chi connectivity index (χ3v) is 5.58. The van der Waals surface area contributed by atoms with Crippen LogP contribution in [0.25, 0.3) is 17.4 Å². The summed E-state index contributed by atoms with van der Waals surface area (Å²) < 4.78 is 5.61. The maximum atomic E-state index is 11.0. The molecule has 1 amide bonds. The van der Waals surface area contributed by atoms with Gasteiger partial charge in [0.15, 0.2) is 11.5 Å². The zero-order valence-electron chi connectivity index (χ0n) is 17.0. The molecule has 0 saturated carbocycles. The first-order valence-electron chi connectivity index (χ1n) is 10.1. The highest BCUT2D eigenvalue weighted by molar-refractivity contribution is 5.94. The molecule has 0 bridgehead atoms. The van der Waals surface area contributed by atoms with Crippen molar-refractivity contribution in [2.24, 2.45) is 5.73 Å². The van der Waals surface area contributed by atoms with Crippen LogP contribution in [-0.4, -0.2) is 34.2 Å². The Balaban J connectivity index is 1.44. The molecule has 2 heterocycles. The number of nitrogens with two attached hydrogens (primary N) is 1. The number of benzene rings is 2. The molecule has 6 heteroatoms. The molecule has 4 rings (SSSR count). The van der Waals surface area contributed by atoms with Gasteiger partial charge < -0.3 is 15.4 Å². The lowest BCUT2D eigenvalue weighted by molar-refractivity contribution is -0.116. The van der Waals surface area contributed by atoms with Crippen molar-refractivity contribution < 1.29 is 14.4 Å². The average Bonchev–Trinajstić information content (AvgIpc) is 3.13. The van der Waals surface area contributed by atoms with Gasteiger partial charge in [-0.3, -0.25) is 9.69 Å². The van der Waals surface area contributed by atoms with Gasteiger partial charge in [0.1, 0.15) is 0 Å². The van der Waals surface area contributed by atoms with Gasteiger partial charge in [0.2, 0.25) is 0 Å². The molecule has 0 radical (unpaired) electrons. The molecule has 1 aromatic heterocycles. The molecule has 1 aliphatic heterocycles. The van der Waals surface area contributed by atoms with Crippen LogP contribution >= 0.6 is 0 Å². The first-order valence-corrected chi connectivity index (χ1v) is 10.1. The number of aromatic nitrogens is 1. The van der Waals surface area contributed by atoms with Crippen LogP contribution in [0.4, 0.5) is 0 Å². The maximum Gasteiger partial charge on any atom is 0.283 e. The Bertz CT molecular complexity index is 1090. The predicted molar refractivity (Wildman–Crippen MR) is 116 cm³/mol. The van der Waals surface area contributed by atoms with E-state index < -0.39 is 11.7 Å². The summed E-state index contributed by atoms with van der Waals surface area (Å²) in [6, 6.07) is 16.1. The zero-order valence-corrected chi connectivity index (χ0v) is 17.0. The van der Waals surface area contributed by atoms with Crippen molar-refractivity contribution in [1.29, 1.82) is 0 Å². The predicted octanol–water partition coefficient (Wildman–Crippen LogP) is 3.64. The van der Waals surface area contributed by atoms with E-state index in [4.69, 9.17) is 10.3 Å². The number of fused-ring (bicyclic) bond motifs is 1. The fraction of sp³-hybridized carbons (Fsp3) is 0.250. The number of hydrogen-bond acceptors (Lipinski definition) is 5. The quantitative estimate of drug-likeness (QED) is 0.484. The van der Waals surface area contributed by atoms with Crippen molar-refractivity contribution >= 4 is 12.0 Å². The fourth-order valence-corrected chi connectivity index (χ4v) is 3.91. The number of carbonyl (C=O) groups is 1. The van der Waals surface area contributed by atoms with Crippen molar-refractivity contribution in [3.63, 3.8) is 0 Å². The minimum absolute atomic E-state index is 0.425. The highest BCUT2D eigenvalue weighted by Gasteiger charge is 2.19. The summed E-state index contributed by atoms with van der Waals surface area (Å²) in [5.41, 5.74) is 11.5. The molecule has 1 aliphatic rings. The van der Waals surface area contributed by atoms with Crippen LogP contribution in [-0.2, 0) is 24.2 Å². The van der Waals surface area contributed by atoms with E-state index in [1.807, 2.05) is 49.4 Å². The standard InChI is InChI=1S/C24H25N3O3/c1-16-21(23(30-26-16)18-5-3-2-4-6-18)10-12-27-11-9-19-13-17(7-8-20(19)15-27)14-22(28)24(25)29/h2-8,13-14,28H,9-12,15H2,1H3,(H2,25,29). The van der Waals surface area contributed by atoms with Crippen LogP contribution in [0.2, 0.25) is 0 Å². The molecule has 3 aromatic rings. The van der Waals surface area contributed by atoms with Crippen LogP contribution < -0.4 is 5.73 Å². The number of amides is 1. The Morgan fingerprint density at radius 2 is 2.03 bits per heavy atom. The van der Waals surface area contributed by atoms with Crippen LogP contribution in [0.3, 0.4) is 0 Å². The van der Waals surface area contributed by atoms with Crippen molar-refractivity contribution in [3.8, 4) is 11.3 Å². The number of aryl methyl sites for hydroxylation is 1. The second-order valence-electron chi connectivity index (χ2n) is 7.64. The normalized spacial score (nSPS) is 14.5. The molecule has 2 aromatic carbocycles. The number of rotatable bonds is 6. The minimum atomic E-state index is -0.821. The lowest BCUT2D eigenvalue weighted by Gasteiger charge is -2.29. The topological polar surface area (TPSA) is 92.6 Å². The monoisotopic (exact) mass is 403 g/mol. The molecule has 0 aliphatic carbocycles. The van der Waals surface area contributed by atoms with E-state index in [-0.39, 0.29) is 0 Å². The largest absolute Gasteiger partial charge is 0.503 e. The van der Waals surface area contributed by atoms with Gasteiger partial charge in [0.25, 0.3) is 5.91 Å². The van der Waals surface area contributed by atoms with E-state index in [0.29, 0.717) is 0 Å². The lowest BCUT2D eigenvalue weighted by Crippen LogP contribution is -2.32. The van der Waals surface area contributed by atoms with E-state index in [1.165, 1.54) is 17.2 Å². The van der Waals surface area contributed by atoms with Gasteiger partial charge in [-0.15, -0.1) is 0 Å². The molecule has 6 nitrogen and oxygen atoms in total. The number of primary amides is 1. The van der Waals surface area contributed by atoms with Gasteiger partial charge in [-0.2, -0.15) is 0 Å². The number of aliphatic hydroxyl groups excluding tert-OH is 1. The smallest absolute Gasteiger partial charge is 0.283 e. The Morgan fingerprint density at radius 3 is 2.80 bits per heavy atom. The van der Waals surface area contributed by atoms with Gasteiger partial charge in [-0.05, 0) is 42.5 Å². The molecule has 0 saturated heterocycles. The summed E-state index contributed by atoms with van der Waals surface area (Å²) in [7, 11) is 0. The van der Waals surface area contributed by atoms with E-state index in [2.05, 4.69) is 16.1 Å². The van der Waals surface area contributed by atoms with Crippen LogP contribution in [0, 0.1) is 6.92 Å². The minimum Gasteiger partial charge on any atom is -0.503 e. The highest BCUT2D eigenvalue weighted by atomic mass is 16.5. The van der Waals surface area contributed by atoms with Crippen LogP contribution in [0.1, 0.15) is 27.9 Å². The SMILES string of the molecule is Cc1noc(-c2ccccc2)c1CCN1CCc2cc(C=C(O)C(N)=O)ccc2C1. The fourth-order valence-electron chi connectivity index (χ4n) is 3.91. The summed E-state index contributed by atoms with van der Waals surface area (Å²) in [4.78, 5) is 13.5. The summed E-state index contributed by atoms with van der Waals surface area (Å²) >= 11 is 0. The molecular formula is C24H25N3O3. The van der Waals surface area contributed by atoms with Crippen LogP contribution in [0.5, 0.6) is 0 Å². The zero-order chi connectivity index (χ0) is 21.1. The second-order valence-corrected chi connectivity index (χ2v) is 7.64. The Labute approximate surface area is 175 Å². The molecule has 154 valence electrons. The summed E-state index contributed by atoms with van der Waals surface area (Å²) in [6.07, 6.45) is 3.21. The van der Waals surface area contributed by atoms with Crippen molar-refractivity contribution in [3.05, 3.63) is 82.2 Å².